The van der Waals surface area contributed by atoms with Crippen LogP contribution in [0.2, 0.25) is 0 Å². The van der Waals surface area contributed by atoms with Crippen LogP contribution in [0.25, 0.3) is 0 Å². The molecule has 4 nitrogen and oxygen atoms in total. The van der Waals surface area contributed by atoms with Gasteiger partial charge < -0.3 is 19.9 Å². The minimum absolute atomic E-state index is 0.101. The summed E-state index contributed by atoms with van der Waals surface area (Å²) in [6.07, 6.45) is 3.53. The lowest BCUT2D eigenvalue weighted by Gasteiger charge is -2.15. The average molecular weight is 263 g/mol. The van der Waals surface area contributed by atoms with Crippen molar-refractivity contribution in [2.75, 3.05) is 26.4 Å². The number of hydrogen-bond donors (Lipinski definition) is 1. The van der Waals surface area contributed by atoms with Gasteiger partial charge in [-0.05, 0) is 36.5 Å². The Balaban J connectivity index is 1.61. The maximum absolute atomic E-state index is 6.15. The predicted octanol–water partition coefficient (Wildman–Crippen LogP) is 2.27. The number of fused-ring (bicyclic) bond motifs is 1. The fourth-order valence-electron chi connectivity index (χ4n) is 2.15. The molecule has 3 rings (SSSR count). The second kappa shape index (κ2) is 5.80. The van der Waals surface area contributed by atoms with Gasteiger partial charge in [0.1, 0.15) is 0 Å². The summed E-state index contributed by atoms with van der Waals surface area (Å²) in [5.41, 5.74) is 7.19. The van der Waals surface area contributed by atoms with Crippen LogP contribution in [0.4, 0.5) is 0 Å². The summed E-state index contributed by atoms with van der Waals surface area (Å²) in [5, 5.41) is 0. The van der Waals surface area contributed by atoms with Crippen LogP contribution in [-0.4, -0.2) is 26.4 Å². The van der Waals surface area contributed by atoms with Crippen LogP contribution >= 0.6 is 0 Å². The van der Waals surface area contributed by atoms with E-state index in [9.17, 15) is 0 Å². The molecule has 0 saturated heterocycles. The third kappa shape index (κ3) is 3.39. The molecule has 0 amide bonds. The Hall–Kier alpha value is -1.26. The first kappa shape index (κ1) is 12.8. The van der Waals surface area contributed by atoms with Crippen LogP contribution in [0.3, 0.4) is 0 Å². The Morgan fingerprint density at radius 1 is 1.21 bits per heavy atom. The number of hydrogen-bond acceptors (Lipinski definition) is 4. The first-order valence-electron chi connectivity index (χ1n) is 7.06. The van der Waals surface area contributed by atoms with Gasteiger partial charge in [-0.2, -0.15) is 0 Å². The number of ether oxygens (including phenoxy) is 3. The fraction of sp³-hybridized carbons (Fsp3) is 0.600. The summed E-state index contributed by atoms with van der Waals surface area (Å²) in [4.78, 5) is 0. The molecule has 104 valence electrons. The highest BCUT2D eigenvalue weighted by molar-refractivity contribution is 5.44. The molecule has 1 fully saturated rings. The Morgan fingerprint density at radius 2 is 2.00 bits per heavy atom. The van der Waals surface area contributed by atoms with Crippen molar-refractivity contribution in [1.29, 1.82) is 0 Å². The van der Waals surface area contributed by atoms with Gasteiger partial charge in [-0.25, -0.2) is 0 Å². The summed E-state index contributed by atoms with van der Waals surface area (Å²) >= 11 is 0. The minimum atomic E-state index is -0.101. The van der Waals surface area contributed by atoms with Crippen LogP contribution in [0, 0.1) is 5.92 Å². The molecule has 4 heteroatoms. The van der Waals surface area contributed by atoms with E-state index in [-0.39, 0.29) is 6.04 Å². The van der Waals surface area contributed by atoms with E-state index in [1.165, 1.54) is 12.8 Å². The molecule has 1 heterocycles. The van der Waals surface area contributed by atoms with E-state index < -0.39 is 0 Å². The van der Waals surface area contributed by atoms with Crippen molar-refractivity contribution in [1.82, 2.24) is 0 Å². The first-order chi connectivity index (χ1) is 9.33. The number of nitrogens with two attached hydrogens (primary N) is 1. The van der Waals surface area contributed by atoms with Crippen LogP contribution in [0.5, 0.6) is 11.5 Å². The zero-order chi connectivity index (χ0) is 13.1. The van der Waals surface area contributed by atoms with E-state index in [0.29, 0.717) is 19.8 Å². The van der Waals surface area contributed by atoms with Gasteiger partial charge in [-0.15, -0.1) is 0 Å². The van der Waals surface area contributed by atoms with Crippen LogP contribution < -0.4 is 15.2 Å². The lowest BCUT2D eigenvalue weighted by molar-refractivity contribution is 0.112. The van der Waals surface area contributed by atoms with Crippen molar-refractivity contribution >= 4 is 0 Å². The lowest BCUT2D eigenvalue weighted by atomic mass is 10.1. The minimum Gasteiger partial charge on any atom is -0.490 e. The quantitative estimate of drug-likeness (QED) is 0.885. The van der Waals surface area contributed by atoms with E-state index >= 15 is 0 Å². The summed E-state index contributed by atoms with van der Waals surface area (Å²) < 4.78 is 16.9. The molecular weight excluding hydrogens is 242 g/mol. The van der Waals surface area contributed by atoms with Gasteiger partial charge in [0.05, 0.1) is 25.9 Å². The van der Waals surface area contributed by atoms with E-state index in [0.717, 1.165) is 36.0 Å². The molecule has 19 heavy (non-hydrogen) atoms. The molecule has 1 aliphatic heterocycles. The molecule has 1 aromatic rings. The maximum atomic E-state index is 6.15. The molecule has 0 aromatic heterocycles. The Labute approximate surface area is 113 Å². The molecule has 0 radical (unpaired) electrons. The number of benzene rings is 1. The van der Waals surface area contributed by atoms with Gasteiger partial charge in [0.25, 0.3) is 0 Å². The molecule has 1 atom stereocenters. The van der Waals surface area contributed by atoms with Gasteiger partial charge in [0, 0.05) is 13.0 Å². The topological polar surface area (TPSA) is 53.7 Å². The van der Waals surface area contributed by atoms with Gasteiger partial charge in [0.2, 0.25) is 0 Å². The molecule has 1 aliphatic carbocycles. The largest absolute Gasteiger partial charge is 0.490 e. The van der Waals surface area contributed by atoms with Crippen molar-refractivity contribution in [3.05, 3.63) is 23.8 Å². The van der Waals surface area contributed by atoms with Crippen LogP contribution in [0.15, 0.2) is 18.2 Å². The second-order valence-corrected chi connectivity index (χ2v) is 5.34. The smallest absolute Gasteiger partial charge is 0.161 e. The van der Waals surface area contributed by atoms with Crippen molar-refractivity contribution in [2.24, 2.45) is 11.7 Å². The Morgan fingerprint density at radius 3 is 2.79 bits per heavy atom. The standard InChI is InChI=1S/C15H21NO3/c16-13(10-17-9-11-2-3-11)12-4-5-14-15(8-12)19-7-1-6-18-14/h4-5,8,11,13H,1-3,6-7,9-10,16H2. The van der Waals surface area contributed by atoms with E-state index in [4.69, 9.17) is 19.9 Å². The molecule has 1 unspecified atom stereocenters. The third-order valence-electron chi connectivity index (χ3n) is 3.55. The SMILES string of the molecule is NC(COCC1CC1)c1ccc2c(c1)OCCCO2. The summed E-state index contributed by atoms with van der Waals surface area (Å²) in [6.45, 7) is 2.82. The predicted molar refractivity (Wildman–Crippen MR) is 72.5 cm³/mol. The maximum Gasteiger partial charge on any atom is 0.161 e. The highest BCUT2D eigenvalue weighted by Crippen LogP contribution is 2.32. The lowest BCUT2D eigenvalue weighted by Crippen LogP contribution is -2.18. The molecule has 2 aliphatic rings. The first-order valence-corrected chi connectivity index (χ1v) is 7.06. The third-order valence-corrected chi connectivity index (χ3v) is 3.55. The molecule has 2 N–H and O–H groups in total. The highest BCUT2D eigenvalue weighted by atomic mass is 16.5. The second-order valence-electron chi connectivity index (χ2n) is 5.34. The molecule has 1 saturated carbocycles. The zero-order valence-electron chi connectivity index (χ0n) is 11.1. The van der Waals surface area contributed by atoms with Gasteiger partial charge in [0.15, 0.2) is 11.5 Å². The highest BCUT2D eigenvalue weighted by Gasteiger charge is 2.22. The molecule has 0 bridgehead atoms. The summed E-state index contributed by atoms with van der Waals surface area (Å²) in [5.74, 6) is 2.39. The Kier molecular flexibility index (Phi) is 3.89. The monoisotopic (exact) mass is 263 g/mol. The molecule has 0 spiro atoms. The number of rotatable bonds is 5. The summed E-state index contributed by atoms with van der Waals surface area (Å²) in [7, 11) is 0. The zero-order valence-corrected chi connectivity index (χ0v) is 11.1. The molecular formula is C15H21NO3. The van der Waals surface area contributed by atoms with Gasteiger partial charge in [-0.3, -0.25) is 0 Å². The van der Waals surface area contributed by atoms with E-state index in [1.807, 2.05) is 18.2 Å². The fourth-order valence-corrected chi connectivity index (χ4v) is 2.15. The van der Waals surface area contributed by atoms with Crippen molar-refractivity contribution in [3.8, 4) is 11.5 Å². The van der Waals surface area contributed by atoms with E-state index in [1.54, 1.807) is 0 Å². The van der Waals surface area contributed by atoms with Crippen molar-refractivity contribution in [3.63, 3.8) is 0 Å². The van der Waals surface area contributed by atoms with Crippen LogP contribution in [-0.2, 0) is 4.74 Å². The summed E-state index contributed by atoms with van der Waals surface area (Å²) in [6, 6.07) is 5.82. The van der Waals surface area contributed by atoms with Gasteiger partial charge >= 0.3 is 0 Å². The van der Waals surface area contributed by atoms with Gasteiger partial charge in [-0.1, -0.05) is 6.07 Å². The van der Waals surface area contributed by atoms with Crippen molar-refractivity contribution in [2.45, 2.75) is 25.3 Å². The normalized spacial score (nSPS) is 19.8. The van der Waals surface area contributed by atoms with Crippen LogP contribution in [0.1, 0.15) is 30.9 Å². The average Bonchev–Trinajstić information content (AvgIpc) is 3.24. The Bertz CT molecular complexity index is 431. The molecule has 1 aromatic carbocycles. The van der Waals surface area contributed by atoms with Crippen molar-refractivity contribution < 1.29 is 14.2 Å². The van der Waals surface area contributed by atoms with E-state index in [2.05, 4.69) is 0 Å².